The van der Waals surface area contributed by atoms with E-state index in [0.29, 0.717) is 0 Å². The van der Waals surface area contributed by atoms with Crippen LogP contribution in [-0.2, 0) is 14.0 Å². The van der Waals surface area contributed by atoms with Crippen molar-refractivity contribution >= 4 is 12.6 Å². The zero-order valence-electron chi connectivity index (χ0n) is 13.3. The Hall–Kier alpha value is -0.905. The third-order valence-corrected chi connectivity index (χ3v) is 4.32. The fraction of sp³-hybridized carbons (Fsp3) is 0.667. The molecule has 1 aromatic heterocycles. The zero-order valence-corrected chi connectivity index (χ0v) is 13.3. The lowest BCUT2D eigenvalue weighted by molar-refractivity contribution is 0.00578. The summed E-state index contributed by atoms with van der Waals surface area (Å²) < 4.78 is 17.4. The third kappa shape index (κ3) is 2.75. The minimum Gasteiger partial charge on any atom is -0.399 e. The van der Waals surface area contributed by atoms with Gasteiger partial charge in [-0.1, -0.05) is 13.0 Å². The average Bonchev–Trinajstić information content (AvgIpc) is 2.61. The second-order valence-electron chi connectivity index (χ2n) is 6.24. The van der Waals surface area contributed by atoms with Crippen molar-refractivity contribution in [2.75, 3.05) is 7.11 Å². The maximum atomic E-state index is 6.01. The predicted octanol–water partition coefficient (Wildman–Crippen LogP) is 2.48. The van der Waals surface area contributed by atoms with Crippen molar-refractivity contribution in [3.8, 4) is 0 Å². The molecule has 0 saturated carbocycles. The molecule has 0 spiro atoms. The molecular weight excluding hydrogens is 253 g/mol. The van der Waals surface area contributed by atoms with E-state index in [2.05, 4.69) is 11.9 Å². The summed E-state index contributed by atoms with van der Waals surface area (Å²) in [5.41, 5.74) is 1.23. The van der Waals surface area contributed by atoms with Crippen LogP contribution in [0.25, 0.3) is 0 Å². The summed E-state index contributed by atoms with van der Waals surface area (Å²) in [5, 5.41) is 0. The summed E-state index contributed by atoms with van der Waals surface area (Å²) in [6.45, 7) is 10.3. The molecule has 1 aliphatic heterocycles. The van der Waals surface area contributed by atoms with Crippen molar-refractivity contribution in [2.45, 2.75) is 58.3 Å². The van der Waals surface area contributed by atoms with Gasteiger partial charge >= 0.3 is 7.12 Å². The van der Waals surface area contributed by atoms with Gasteiger partial charge in [-0.2, -0.15) is 0 Å². The highest BCUT2D eigenvalue weighted by atomic mass is 16.7. The second-order valence-corrected chi connectivity index (χ2v) is 6.24. The molecule has 1 unspecified atom stereocenters. The van der Waals surface area contributed by atoms with Crippen LogP contribution < -0.4 is 5.46 Å². The van der Waals surface area contributed by atoms with Crippen LogP contribution in [0.4, 0.5) is 0 Å². The Labute approximate surface area is 122 Å². The number of aromatic nitrogens is 1. The second kappa shape index (κ2) is 5.47. The Balaban J connectivity index is 2.16. The Kier molecular flexibility index (Phi) is 4.23. The Morgan fingerprint density at radius 2 is 1.80 bits per heavy atom. The van der Waals surface area contributed by atoms with Crippen molar-refractivity contribution in [3.05, 3.63) is 24.0 Å². The minimum atomic E-state index is -0.357. The fourth-order valence-electron chi connectivity index (χ4n) is 2.22. The van der Waals surface area contributed by atoms with Gasteiger partial charge in [-0.15, -0.1) is 0 Å². The maximum Gasteiger partial charge on any atom is 0.496 e. The van der Waals surface area contributed by atoms with Crippen LogP contribution in [0.5, 0.6) is 0 Å². The molecule has 1 saturated heterocycles. The molecule has 2 heterocycles. The molecule has 0 radical (unpaired) electrons. The molecule has 20 heavy (non-hydrogen) atoms. The smallest absolute Gasteiger partial charge is 0.399 e. The summed E-state index contributed by atoms with van der Waals surface area (Å²) in [5.74, 6) is 0. The zero-order chi connectivity index (χ0) is 15.0. The first kappa shape index (κ1) is 15.5. The van der Waals surface area contributed by atoms with E-state index < -0.39 is 0 Å². The summed E-state index contributed by atoms with van der Waals surface area (Å²) >= 11 is 0. The molecule has 110 valence electrons. The van der Waals surface area contributed by atoms with Gasteiger partial charge in [0.1, 0.15) is 0 Å². The number of hydrogen-bond donors (Lipinski definition) is 0. The van der Waals surface area contributed by atoms with E-state index >= 15 is 0 Å². The van der Waals surface area contributed by atoms with E-state index in [1.165, 1.54) is 0 Å². The molecule has 1 aromatic rings. The highest BCUT2D eigenvalue weighted by Gasteiger charge is 2.51. The third-order valence-electron chi connectivity index (χ3n) is 4.32. The van der Waals surface area contributed by atoms with Gasteiger partial charge in [0.05, 0.1) is 23.0 Å². The number of ether oxygens (including phenoxy) is 1. The minimum absolute atomic E-state index is 0.0438. The van der Waals surface area contributed by atoms with Gasteiger partial charge in [-0.3, -0.25) is 4.98 Å². The van der Waals surface area contributed by atoms with Crippen LogP contribution in [0.1, 0.15) is 52.8 Å². The van der Waals surface area contributed by atoms with Gasteiger partial charge in [-0.05, 0) is 40.2 Å². The topological polar surface area (TPSA) is 40.6 Å². The molecule has 2 rings (SSSR count). The van der Waals surface area contributed by atoms with E-state index in [0.717, 1.165) is 17.6 Å². The largest absolute Gasteiger partial charge is 0.496 e. The van der Waals surface area contributed by atoms with Gasteiger partial charge in [0, 0.05) is 18.8 Å². The lowest BCUT2D eigenvalue weighted by Gasteiger charge is -2.32. The molecule has 0 amide bonds. The number of rotatable bonds is 4. The predicted molar refractivity (Wildman–Crippen MR) is 80.0 cm³/mol. The van der Waals surface area contributed by atoms with Crippen LogP contribution in [0, 0.1) is 0 Å². The molecule has 0 N–H and O–H groups in total. The summed E-state index contributed by atoms with van der Waals surface area (Å²) in [4.78, 5) is 4.48. The van der Waals surface area contributed by atoms with Gasteiger partial charge in [-0.25, -0.2) is 0 Å². The van der Waals surface area contributed by atoms with Gasteiger partial charge in [0.25, 0.3) is 0 Å². The monoisotopic (exact) mass is 277 g/mol. The van der Waals surface area contributed by atoms with Gasteiger partial charge < -0.3 is 14.0 Å². The molecule has 0 aliphatic carbocycles. The molecule has 1 atom stereocenters. The first-order valence-electron chi connectivity index (χ1n) is 7.15. The number of pyridine rings is 1. The summed E-state index contributed by atoms with van der Waals surface area (Å²) in [6.07, 6.45) is 2.76. The molecule has 5 heteroatoms. The lowest BCUT2D eigenvalue weighted by Crippen LogP contribution is -2.41. The number of methoxy groups -OCH3 is 1. The van der Waals surface area contributed by atoms with E-state index in [4.69, 9.17) is 14.0 Å². The standard InChI is InChI=1S/C15H24BNO3/c1-7-13(18-6)12-9-8-11(10-17-12)16-19-14(2,3)15(4,5)20-16/h8-10,13H,7H2,1-6H3. The number of hydrogen-bond acceptors (Lipinski definition) is 4. The molecular formula is C15H24BNO3. The SMILES string of the molecule is CCC(OC)c1ccc(B2OC(C)(C)C(C)(C)O2)cn1. The molecule has 0 bridgehead atoms. The van der Waals surface area contributed by atoms with Crippen LogP contribution >= 0.6 is 0 Å². The van der Waals surface area contributed by atoms with Crippen LogP contribution in [0.3, 0.4) is 0 Å². The highest BCUT2D eigenvalue weighted by molar-refractivity contribution is 6.62. The van der Waals surface area contributed by atoms with Crippen molar-refractivity contribution in [1.29, 1.82) is 0 Å². The van der Waals surface area contributed by atoms with Crippen molar-refractivity contribution < 1.29 is 14.0 Å². The molecule has 0 aromatic carbocycles. The first-order chi connectivity index (χ1) is 9.30. The van der Waals surface area contributed by atoms with Crippen LogP contribution in [0.2, 0.25) is 0 Å². The summed E-state index contributed by atoms with van der Waals surface area (Å²) in [6, 6.07) is 3.99. The lowest BCUT2D eigenvalue weighted by atomic mass is 9.80. The quantitative estimate of drug-likeness (QED) is 0.793. The van der Waals surface area contributed by atoms with Gasteiger partial charge in [0.15, 0.2) is 0 Å². The maximum absolute atomic E-state index is 6.01. The van der Waals surface area contributed by atoms with Crippen LogP contribution in [0.15, 0.2) is 18.3 Å². The normalized spacial score (nSPS) is 22.0. The highest BCUT2D eigenvalue weighted by Crippen LogP contribution is 2.36. The average molecular weight is 277 g/mol. The van der Waals surface area contributed by atoms with E-state index in [-0.39, 0.29) is 24.4 Å². The Morgan fingerprint density at radius 1 is 1.20 bits per heavy atom. The fourth-order valence-corrected chi connectivity index (χ4v) is 2.22. The van der Waals surface area contributed by atoms with E-state index in [1.54, 1.807) is 7.11 Å². The van der Waals surface area contributed by atoms with Crippen LogP contribution in [-0.4, -0.2) is 30.4 Å². The Bertz CT molecular complexity index is 439. The van der Waals surface area contributed by atoms with Crippen molar-refractivity contribution in [1.82, 2.24) is 4.98 Å². The molecule has 1 aliphatic rings. The van der Waals surface area contributed by atoms with Gasteiger partial charge in [0.2, 0.25) is 0 Å². The first-order valence-corrected chi connectivity index (χ1v) is 7.15. The van der Waals surface area contributed by atoms with Crippen molar-refractivity contribution in [2.24, 2.45) is 0 Å². The molecule has 4 nitrogen and oxygen atoms in total. The number of nitrogens with zero attached hydrogens (tertiary/aromatic N) is 1. The summed E-state index contributed by atoms with van der Waals surface area (Å²) in [7, 11) is 1.35. The molecule has 1 fully saturated rings. The Morgan fingerprint density at radius 3 is 2.20 bits per heavy atom. The van der Waals surface area contributed by atoms with Crippen molar-refractivity contribution in [3.63, 3.8) is 0 Å². The van der Waals surface area contributed by atoms with E-state index in [9.17, 15) is 0 Å². The van der Waals surface area contributed by atoms with E-state index in [1.807, 2.05) is 46.0 Å².